The third kappa shape index (κ3) is 7.07. The summed E-state index contributed by atoms with van der Waals surface area (Å²) in [7, 11) is -1.40. The van der Waals surface area contributed by atoms with Crippen LogP contribution in [0.1, 0.15) is 35.4 Å². The summed E-state index contributed by atoms with van der Waals surface area (Å²) in [5.74, 6) is 0.576. The Labute approximate surface area is 195 Å². The number of rotatable bonds is 11. The molecule has 33 heavy (non-hydrogen) atoms. The van der Waals surface area contributed by atoms with Crippen LogP contribution in [0.5, 0.6) is 0 Å². The van der Waals surface area contributed by atoms with Crippen LogP contribution in [-0.4, -0.2) is 33.4 Å². The quantitative estimate of drug-likeness (QED) is 0.448. The summed E-state index contributed by atoms with van der Waals surface area (Å²) in [4.78, 5) is 16.6. The summed E-state index contributed by atoms with van der Waals surface area (Å²) in [5.41, 5.74) is 3.60. The van der Waals surface area contributed by atoms with Crippen LogP contribution in [0, 0.1) is 12.7 Å². The lowest BCUT2D eigenvalue weighted by molar-refractivity contribution is -0.118. The second-order valence-corrected chi connectivity index (χ2v) is 9.79. The van der Waals surface area contributed by atoms with E-state index < -0.39 is 10.8 Å². The molecule has 1 fully saturated rings. The van der Waals surface area contributed by atoms with E-state index >= 15 is 0 Å². The molecule has 2 N–H and O–H groups in total. The topological polar surface area (TPSA) is 84.2 Å². The van der Waals surface area contributed by atoms with E-state index in [4.69, 9.17) is 4.42 Å². The summed E-state index contributed by atoms with van der Waals surface area (Å²) in [5, 5.41) is 6.25. The van der Waals surface area contributed by atoms with Gasteiger partial charge in [-0.25, -0.2) is 9.37 Å². The molecule has 3 aromatic rings. The molecule has 1 amide bonds. The van der Waals surface area contributed by atoms with Crippen molar-refractivity contribution in [3.8, 4) is 11.5 Å². The number of nitrogens with one attached hydrogen (secondary N) is 2. The molecule has 1 heterocycles. The number of aromatic nitrogens is 1. The van der Waals surface area contributed by atoms with Crippen LogP contribution in [0.2, 0.25) is 0 Å². The second-order valence-electron chi connectivity index (χ2n) is 8.33. The average Bonchev–Trinajstić information content (AvgIpc) is 3.56. The van der Waals surface area contributed by atoms with Crippen molar-refractivity contribution in [2.24, 2.45) is 0 Å². The molecule has 4 rings (SSSR count). The van der Waals surface area contributed by atoms with Gasteiger partial charge in [0.25, 0.3) is 0 Å². The van der Waals surface area contributed by atoms with Crippen molar-refractivity contribution in [2.45, 2.75) is 44.5 Å². The van der Waals surface area contributed by atoms with Gasteiger partial charge < -0.3 is 15.1 Å². The number of amides is 1. The highest BCUT2D eigenvalue weighted by Crippen LogP contribution is 2.24. The predicted molar refractivity (Wildman–Crippen MR) is 126 cm³/mol. The molecule has 174 valence electrons. The van der Waals surface area contributed by atoms with Gasteiger partial charge in [-0.1, -0.05) is 24.3 Å². The molecule has 6 nitrogen and oxygen atoms in total. The van der Waals surface area contributed by atoms with Crippen LogP contribution in [-0.2, 0) is 34.3 Å². The van der Waals surface area contributed by atoms with Gasteiger partial charge in [0.2, 0.25) is 11.8 Å². The lowest BCUT2D eigenvalue weighted by Crippen LogP contribution is -2.30. The van der Waals surface area contributed by atoms with Crippen molar-refractivity contribution in [1.29, 1.82) is 0 Å². The first-order chi connectivity index (χ1) is 16.0. The fraction of sp³-hybridized carbons (Fsp3) is 0.360. The molecular weight excluding hydrogens is 441 g/mol. The van der Waals surface area contributed by atoms with Crippen molar-refractivity contribution < 1.29 is 17.8 Å². The lowest BCUT2D eigenvalue weighted by atomic mass is 10.1. The highest BCUT2D eigenvalue weighted by Gasteiger charge is 2.20. The summed E-state index contributed by atoms with van der Waals surface area (Å²) in [6, 6.07) is 14.9. The van der Waals surface area contributed by atoms with Crippen molar-refractivity contribution in [3.05, 3.63) is 76.9 Å². The van der Waals surface area contributed by atoms with Crippen molar-refractivity contribution in [3.63, 3.8) is 0 Å². The van der Waals surface area contributed by atoms with Gasteiger partial charge in [0.05, 0.1) is 11.4 Å². The van der Waals surface area contributed by atoms with Crippen LogP contribution in [0.3, 0.4) is 0 Å². The van der Waals surface area contributed by atoms with Crippen molar-refractivity contribution in [1.82, 2.24) is 15.6 Å². The Balaban J connectivity index is 1.24. The number of hydrogen-bond acceptors (Lipinski definition) is 5. The fourth-order valence-corrected chi connectivity index (χ4v) is 4.47. The maximum Gasteiger partial charge on any atom is 0.232 e. The Bertz CT molecular complexity index is 1110. The molecule has 0 aliphatic heterocycles. The highest BCUT2D eigenvalue weighted by atomic mass is 32.2. The van der Waals surface area contributed by atoms with Crippen LogP contribution in [0.4, 0.5) is 4.39 Å². The molecule has 1 aliphatic carbocycles. The monoisotopic (exact) mass is 469 g/mol. The molecule has 1 saturated carbocycles. The second kappa shape index (κ2) is 10.9. The number of oxazole rings is 1. The standard InChI is InChI=1S/C25H28FN3O3S/c1-17-23(15-33(31)16-24(30)27-13-12-18-4-8-21(26)9-5-18)29-25(32-17)20-6-2-19(3-7-20)14-28-22-10-11-22/h2-9,22,28H,10-16H2,1H3,(H,27,30). The number of benzene rings is 2. The van der Waals surface area contributed by atoms with E-state index in [0.29, 0.717) is 36.4 Å². The molecule has 1 aliphatic rings. The van der Waals surface area contributed by atoms with E-state index in [1.54, 1.807) is 19.1 Å². The molecule has 1 aromatic heterocycles. The van der Waals surface area contributed by atoms with E-state index in [0.717, 1.165) is 17.7 Å². The van der Waals surface area contributed by atoms with E-state index in [2.05, 4.69) is 27.8 Å². The number of hydrogen-bond donors (Lipinski definition) is 2. The molecule has 1 unspecified atom stereocenters. The Kier molecular flexibility index (Phi) is 7.67. The van der Waals surface area contributed by atoms with Crippen LogP contribution >= 0.6 is 0 Å². The summed E-state index contributed by atoms with van der Waals surface area (Å²) in [6.45, 7) is 3.05. The van der Waals surface area contributed by atoms with Gasteiger partial charge in [-0.05, 0) is 61.6 Å². The Morgan fingerprint density at radius 3 is 2.52 bits per heavy atom. The number of carbonyl (C=O) groups excluding carboxylic acids is 1. The Morgan fingerprint density at radius 1 is 1.12 bits per heavy atom. The number of nitrogens with zero attached hydrogens (tertiary/aromatic N) is 1. The van der Waals surface area contributed by atoms with Crippen molar-refractivity contribution >= 4 is 16.7 Å². The Hall–Kier alpha value is -2.84. The molecule has 0 bridgehead atoms. The zero-order valence-electron chi connectivity index (χ0n) is 18.6. The van der Waals surface area contributed by atoms with Gasteiger partial charge in [0, 0.05) is 35.5 Å². The zero-order valence-corrected chi connectivity index (χ0v) is 19.4. The summed E-state index contributed by atoms with van der Waals surface area (Å²) in [6.07, 6.45) is 3.10. The third-order valence-corrected chi connectivity index (χ3v) is 6.68. The van der Waals surface area contributed by atoms with E-state index in [9.17, 15) is 13.4 Å². The lowest BCUT2D eigenvalue weighted by Gasteiger charge is -2.05. The summed E-state index contributed by atoms with van der Waals surface area (Å²) >= 11 is 0. The smallest absolute Gasteiger partial charge is 0.232 e. The number of halogens is 1. The van der Waals surface area contributed by atoms with Crippen LogP contribution in [0.25, 0.3) is 11.5 Å². The number of aryl methyl sites for hydroxylation is 1. The van der Waals surface area contributed by atoms with Gasteiger partial charge in [-0.3, -0.25) is 9.00 Å². The molecule has 2 aromatic carbocycles. The first kappa shape index (κ1) is 23.3. The molecular formula is C25H28FN3O3S. The minimum atomic E-state index is -1.40. The minimum Gasteiger partial charge on any atom is -0.441 e. The van der Waals surface area contributed by atoms with Gasteiger partial charge in [0.1, 0.15) is 17.3 Å². The normalized spacial score (nSPS) is 14.2. The maximum atomic E-state index is 12.9. The SMILES string of the molecule is Cc1oc(-c2ccc(CNC3CC3)cc2)nc1CS(=O)CC(=O)NCCc1ccc(F)cc1. The van der Waals surface area contributed by atoms with E-state index in [1.165, 1.54) is 30.5 Å². The first-order valence-electron chi connectivity index (χ1n) is 11.1. The van der Waals surface area contributed by atoms with Gasteiger partial charge >= 0.3 is 0 Å². The van der Waals surface area contributed by atoms with Crippen molar-refractivity contribution in [2.75, 3.05) is 12.3 Å². The fourth-order valence-electron chi connectivity index (χ4n) is 3.40. The minimum absolute atomic E-state index is 0.103. The molecule has 0 radical (unpaired) electrons. The largest absolute Gasteiger partial charge is 0.441 e. The van der Waals surface area contributed by atoms with E-state index in [1.807, 2.05) is 12.1 Å². The number of carbonyl (C=O) groups is 1. The van der Waals surface area contributed by atoms with Crippen LogP contribution < -0.4 is 10.6 Å². The zero-order chi connectivity index (χ0) is 23.2. The van der Waals surface area contributed by atoms with Crippen LogP contribution in [0.15, 0.2) is 52.9 Å². The maximum absolute atomic E-state index is 12.9. The highest BCUT2D eigenvalue weighted by molar-refractivity contribution is 7.84. The van der Waals surface area contributed by atoms with Gasteiger partial charge in [-0.2, -0.15) is 0 Å². The molecule has 1 atom stereocenters. The van der Waals surface area contributed by atoms with Gasteiger partial charge in [-0.15, -0.1) is 0 Å². The van der Waals surface area contributed by atoms with Gasteiger partial charge in [0.15, 0.2) is 0 Å². The van der Waals surface area contributed by atoms with E-state index in [-0.39, 0.29) is 23.2 Å². The molecule has 0 saturated heterocycles. The third-order valence-electron chi connectivity index (χ3n) is 5.50. The Morgan fingerprint density at radius 2 is 1.82 bits per heavy atom. The predicted octanol–water partition coefficient (Wildman–Crippen LogP) is 3.65. The molecule has 0 spiro atoms. The first-order valence-corrected chi connectivity index (χ1v) is 12.6. The summed E-state index contributed by atoms with van der Waals surface area (Å²) < 4.78 is 31.2. The average molecular weight is 470 g/mol. The molecule has 8 heteroatoms.